The average Bonchev–Trinajstić information content (AvgIpc) is 2.82. The number of halogens is 1. The van der Waals surface area contributed by atoms with Crippen LogP contribution in [0.5, 0.6) is 11.5 Å². The molecular formula is C26H19FN4O3. The summed E-state index contributed by atoms with van der Waals surface area (Å²) in [4.78, 5) is 25.3. The van der Waals surface area contributed by atoms with Crippen LogP contribution in [0.1, 0.15) is 27.3 Å². The predicted molar refractivity (Wildman–Crippen MR) is 125 cm³/mol. The monoisotopic (exact) mass is 454 g/mol. The molecule has 3 aromatic carbocycles. The highest BCUT2D eigenvalue weighted by atomic mass is 19.1. The minimum atomic E-state index is -0.709. The van der Waals surface area contributed by atoms with Crippen molar-refractivity contribution >= 4 is 11.6 Å². The molecule has 0 aliphatic heterocycles. The van der Waals surface area contributed by atoms with Crippen LogP contribution in [0.4, 0.5) is 10.1 Å². The fourth-order valence-electron chi connectivity index (χ4n) is 3.33. The molecule has 0 spiro atoms. The second-order valence-corrected chi connectivity index (χ2v) is 7.53. The second kappa shape index (κ2) is 9.38. The number of hydrogen-bond acceptors (Lipinski definition) is 5. The van der Waals surface area contributed by atoms with Crippen molar-refractivity contribution < 1.29 is 13.9 Å². The van der Waals surface area contributed by atoms with Gasteiger partial charge in [0.15, 0.2) is 5.69 Å². The topological polar surface area (TPSA) is 97.0 Å². The summed E-state index contributed by atoms with van der Waals surface area (Å²) in [5.41, 5.74) is 1.30. The van der Waals surface area contributed by atoms with Crippen LogP contribution in [0.3, 0.4) is 0 Å². The Hall–Kier alpha value is -4.77. The molecule has 8 heteroatoms. The van der Waals surface area contributed by atoms with E-state index in [1.165, 1.54) is 22.9 Å². The first-order valence-electron chi connectivity index (χ1n) is 10.3. The van der Waals surface area contributed by atoms with Crippen LogP contribution >= 0.6 is 0 Å². The van der Waals surface area contributed by atoms with E-state index in [0.717, 1.165) is 0 Å². The van der Waals surface area contributed by atoms with E-state index >= 15 is 0 Å². The molecular weight excluding hydrogens is 435 g/mol. The zero-order valence-corrected chi connectivity index (χ0v) is 18.4. The highest BCUT2D eigenvalue weighted by Crippen LogP contribution is 2.26. The lowest BCUT2D eigenvalue weighted by atomic mass is 10.2. The molecule has 0 bridgehead atoms. The molecule has 1 aromatic heterocycles. The average molecular weight is 454 g/mol. The Kier molecular flexibility index (Phi) is 6.19. The van der Waals surface area contributed by atoms with Crippen molar-refractivity contribution in [2.45, 2.75) is 13.8 Å². The quantitative estimate of drug-likeness (QED) is 0.462. The van der Waals surface area contributed by atoms with Crippen molar-refractivity contribution in [1.82, 2.24) is 9.78 Å². The van der Waals surface area contributed by atoms with Gasteiger partial charge in [0.25, 0.3) is 5.91 Å². The van der Waals surface area contributed by atoms with Crippen LogP contribution in [-0.4, -0.2) is 15.7 Å². The van der Waals surface area contributed by atoms with Gasteiger partial charge in [0, 0.05) is 17.4 Å². The number of aromatic nitrogens is 2. The summed E-state index contributed by atoms with van der Waals surface area (Å²) in [5, 5.41) is 15.7. The van der Waals surface area contributed by atoms with Gasteiger partial charge in [-0.2, -0.15) is 10.4 Å². The number of hydrogen-bond donors (Lipinski definition) is 1. The van der Waals surface area contributed by atoms with Crippen LogP contribution in [0.2, 0.25) is 0 Å². The van der Waals surface area contributed by atoms with E-state index in [1.54, 1.807) is 68.4 Å². The number of carbonyl (C=O) groups is 1. The van der Waals surface area contributed by atoms with Gasteiger partial charge in [-0.15, -0.1) is 0 Å². The number of anilines is 1. The third-order valence-electron chi connectivity index (χ3n) is 5.07. The van der Waals surface area contributed by atoms with Crippen LogP contribution in [0.25, 0.3) is 5.69 Å². The Bertz CT molecular complexity index is 1490. The van der Waals surface area contributed by atoms with Crippen molar-refractivity contribution in [3.8, 4) is 23.3 Å². The maximum absolute atomic E-state index is 14.3. The summed E-state index contributed by atoms with van der Waals surface area (Å²) in [6, 6.07) is 21.0. The number of para-hydroxylation sites is 1. The number of amides is 1. The smallest absolute Gasteiger partial charge is 0.280 e. The highest BCUT2D eigenvalue weighted by molar-refractivity contribution is 6.03. The lowest BCUT2D eigenvalue weighted by molar-refractivity contribution is 0.101. The minimum Gasteiger partial charge on any atom is -0.457 e. The molecule has 1 heterocycles. The summed E-state index contributed by atoms with van der Waals surface area (Å²) < 4.78 is 21.3. The molecule has 1 N–H and O–H groups in total. The third kappa shape index (κ3) is 4.69. The standard InChI is InChI=1S/C26H19FN4O3/c1-16-13-20(34-19-9-7-18(15-28)8-10-19)11-12-22(16)29-26(33)25-24(32)14-17(2)31(30-25)23-6-4-3-5-21(23)27/h3-14H,1-2H3,(H,29,33). The van der Waals surface area contributed by atoms with Crippen LogP contribution < -0.4 is 15.5 Å². The van der Waals surface area contributed by atoms with Gasteiger partial charge in [0.1, 0.15) is 23.0 Å². The molecule has 4 aromatic rings. The molecule has 168 valence electrons. The van der Waals surface area contributed by atoms with Crippen molar-refractivity contribution in [2.24, 2.45) is 0 Å². The molecule has 0 saturated heterocycles. The minimum absolute atomic E-state index is 0.134. The van der Waals surface area contributed by atoms with Crippen LogP contribution in [0, 0.1) is 31.0 Å². The van der Waals surface area contributed by atoms with Crippen molar-refractivity contribution in [3.05, 3.63) is 111 Å². The van der Waals surface area contributed by atoms with E-state index in [2.05, 4.69) is 10.4 Å². The van der Waals surface area contributed by atoms with Crippen LogP contribution in [-0.2, 0) is 0 Å². The van der Waals surface area contributed by atoms with E-state index in [1.807, 2.05) is 6.07 Å². The Morgan fingerprint density at radius 3 is 2.41 bits per heavy atom. The summed E-state index contributed by atoms with van der Waals surface area (Å²) in [7, 11) is 0. The molecule has 7 nitrogen and oxygen atoms in total. The zero-order chi connectivity index (χ0) is 24.2. The molecule has 0 saturated carbocycles. The second-order valence-electron chi connectivity index (χ2n) is 7.53. The van der Waals surface area contributed by atoms with E-state index < -0.39 is 17.2 Å². The number of nitriles is 1. The number of nitrogens with zero attached hydrogens (tertiary/aromatic N) is 3. The first kappa shape index (κ1) is 22.4. The Labute approximate surface area is 194 Å². The SMILES string of the molecule is Cc1cc(Oc2ccc(C#N)cc2)ccc1NC(=O)c1nn(-c2ccccc2F)c(C)cc1=O. The number of ether oxygens (including phenoxy) is 1. The molecule has 0 aliphatic carbocycles. The van der Waals surface area contributed by atoms with E-state index in [9.17, 15) is 14.0 Å². The fourth-order valence-corrected chi connectivity index (χ4v) is 3.33. The Balaban J connectivity index is 1.57. The van der Waals surface area contributed by atoms with Gasteiger partial charge < -0.3 is 10.1 Å². The predicted octanol–water partition coefficient (Wildman–Crippen LogP) is 4.90. The highest BCUT2D eigenvalue weighted by Gasteiger charge is 2.17. The van der Waals surface area contributed by atoms with E-state index in [0.29, 0.717) is 34.0 Å². The van der Waals surface area contributed by atoms with Crippen molar-refractivity contribution in [3.63, 3.8) is 0 Å². The molecule has 0 fully saturated rings. The van der Waals surface area contributed by atoms with Crippen molar-refractivity contribution in [2.75, 3.05) is 5.32 Å². The van der Waals surface area contributed by atoms with Gasteiger partial charge >= 0.3 is 0 Å². The zero-order valence-electron chi connectivity index (χ0n) is 18.4. The number of rotatable bonds is 5. The number of carbonyl (C=O) groups excluding carboxylic acids is 1. The molecule has 0 atom stereocenters. The lowest BCUT2D eigenvalue weighted by Gasteiger charge is -2.13. The summed E-state index contributed by atoms with van der Waals surface area (Å²) in [6.07, 6.45) is 0. The van der Waals surface area contributed by atoms with Crippen molar-refractivity contribution in [1.29, 1.82) is 5.26 Å². The Morgan fingerprint density at radius 2 is 1.74 bits per heavy atom. The Morgan fingerprint density at radius 1 is 1.03 bits per heavy atom. The summed E-state index contributed by atoms with van der Waals surface area (Å²) >= 11 is 0. The molecule has 0 radical (unpaired) electrons. The lowest BCUT2D eigenvalue weighted by Crippen LogP contribution is -2.27. The first-order chi connectivity index (χ1) is 16.4. The largest absolute Gasteiger partial charge is 0.457 e. The summed E-state index contributed by atoms with van der Waals surface area (Å²) in [6.45, 7) is 3.39. The first-order valence-corrected chi connectivity index (χ1v) is 10.3. The molecule has 34 heavy (non-hydrogen) atoms. The molecule has 1 amide bonds. The number of benzene rings is 3. The van der Waals surface area contributed by atoms with Gasteiger partial charge in [0.2, 0.25) is 5.43 Å². The van der Waals surface area contributed by atoms with E-state index in [-0.39, 0.29) is 11.4 Å². The van der Waals surface area contributed by atoms with Gasteiger partial charge in [0.05, 0.1) is 11.6 Å². The fraction of sp³-hybridized carbons (Fsp3) is 0.0769. The molecule has 4 rings (SSSR count). The van der Waals surface area contributed by atoms with E-state index in [4.69, 9.17) is 10.00 Å². The van der Waals surface area contributed by atoms with Gasteiger partial charge in [-0.3, -0.25) is 9.59 Å². The maximum atomic E-state index is 14.3. The maximum Gasteiger partial charge on any atom is 0.280 e. The molecule has 0 aliphatic rings. The summed E-state index contributed by atoms with van der Waals surface area (Å²) in [5.74, 6) is -0.135. The third-order valence-corrected chi connectivity index (χ3v) is 5.07. The number of nitrogens with one attached hydrogen (secondary N) is 1. The van der Waals surface area contributed by atoms with Gasteiger partial charge in [-0.1, -0.05) is 12.1 Å². The van der Waals surface area contributed by atoms with Gasteiger partial charge in [-0.05, 0) is 74.0 Å². The number of aryl methyl sites for hydroxylation is 2. The van der Waals surface area contributed by atoms with Crippen LogP contribution in [0.15, 0.2) is 77.6 Å². The normalized spacial score (nSPS) is 10.4. The molecule has 0 unspecified atom stereocenters. The van der Waals surface area contributed by atoms with Gasteiger partial charge in [-0.25, -0.2) is 9.07 Å².